The molecule has 0 bridgehead atoms. The van der Waals surface area contributed by atoms with E-state index in [0.717, 1.165) is 37.1 Å². The van der Waals surface area contributed by atoms with Crippen LogP contribution in [0, 0.1) is 6.92 Å². The van der Waals surface area contributed by atoms with Gasteiger partial charge in [0.1, 0.15) is 12.4 Å². The fourth-order valence-corrected chi connectivity index (χ4v) is 4.09. The minimum atomic E-state index is 0.439. The van der Waals surface area contributed by atoms with Gasteiger partial charge in [0, 0.05) is 11.2 Å². The molecule has 0 spiro atoms. The van der Waals surface area contributed by atoms with Crippen LogP contribution in [-0.2, 0) is 6.61 Å². The number of benzene rings is 3. The summed E-state index contributed by atoms with van der Waals surface area (Å²) in [5, 5.41) is 0.701. The maximum Gasteiger partial charge on any atom is 0.148 e. The van der Waals surface area contributed by atoms with Crippen LogP contribution in [0.1, 0.15) is 16.7 Å². The largest absolute Gasteiger partial charge is 0.487 e. The summed E-state index contributed by atoms with van der Waals surface area (Å²) < 4.78 is 7.67. The van der Waals surface area contributed by atoms with E-state index in [1.54, 1.807) is 0 Å². The maximum absolute atomic E-state index is 6.02. The number of aliphatic imine (C=N–C) groups is 1. The van der Waals surface area contributed by atoms with E-state index in [1.165, 1.54) is 0 Å². The third-order valence-electron chi connectivity index (χ3n) is 3.76. The van der Waals surface area contributed by atoms with Gasteiger partial charge >= 0.3 is 0 Å². The van der Waals surface area contributed by atoms with Crippen molar-refractivity contribution in [3.05, 3.63) is 91.3 Å². The first kappa shape index (κ1) is 19.2. The highest BCUT2D eigenvalue weighted by Crippen LogP contribution is 2.35. The van der Waals surface area contributed by atoms with Crippen molar-refractivity contribution in [1.29, 1.82) is 0 Å². The van der Waals surface area contributed by atoms with E-state index in [4.69, 9.17) is 16.3 Å². The van der Waals surface area contributed by atoms with Crippen LogP contribution < -0.4 is 4.74 Å². The van der Waals surface area contributed by atoms with E-state index in [0.29, 0.717) is 11.6 Å². The van der Waals surface area contributed by atoms with Crippen LogP contribution in [0.5, 0.6) is 5.75 Å². The molecule has 0 heterocycles. The number of aryl methyl sites for hydroxylation is 1. The summed E-state index contributed by atoms with van der Waals surface area (Å²) >= 11 is 13.2. The minimum absolute atomic E-state index is 0.439. The molecule has 0 unspecified atom stereocenters. The normalized spacial score (nSPS) is 11.1. The Balaban J connectivity index is 1.77. The number of halogens is 3. The van der Waals surface area contributed by atoms with Gasteiger partial charge in [-0.25, -0.2) is 0 Å². The number of ether oxygens (including phenoxy) is 1. The average Bonchev–Trinajstić information content (AvgIpc) is 2.60. The molecule has 0 aromatic heterocycles. The molecule has 0 fully saturated rings. The molecule has 0 atom stereocenters. The van der Waals surface area contributed by atoms with Crippen molar-refractivity contribution in [3.63, 3.8) is 0 Å². The molecule has 0 aliphatic rings. The lowest BCUT2D eigenvalue weighted by Gasteiger charge is -2.11. The molecule has 5 heteroatoms. The second kappa shape index (κ2) is 8.85. The van der Waals surface area contributed by atoms with Gasteiger partial charge in [0.15, 0.2) is 0 Å². The summed E-state index contributed by atoms with van der Waals surface area (Å²) in [6, 6.07) is 19.6. The standard InChI is InChI=1S/C21H16Br2ClNO/c1-14-5-2-3-8-20(14)25-12-16-10-18(22)21(19(23)11-16)26-13-15-6-4-7-17(24)9-15/h2-12H,13H2,1H3. The Morgan fingerprint density at radius 2 is 1.73 bits per heavy atom. The first-order chi connectivity index (χ1) is 12.5. The quantitative estimate of drug-likeness (QED) is 0.337. The second-order valence-corrected chi connectivity index (χ2v) is 7.92. The number of hydrogen-bond acceptors (Lipinski definition) is 2. The summed E-state index contributed by atoms with van der Waals surface area (Å²) in [6.45, 7) is 2.49. The van der Waals surface area contributed by atoms with E-state index < -0.39 is 0 Å². The Morgan fingerprint density at radius 1 is 1.00 bits per heavy atom. The lowest BCUT2D eigenvalue weighted by atomic mass is 10.2. The average molecular weight is 494 g/mol. The van der Waals surface area contributed by atoms with Crippen LogP contribution in [0.25, 0.3) is 0 Å². The van der Waals surface area contributed by atoms with Gasteiger partial charge in [-0.3, -0.25) is 4.99 Å². The lowest BCUT2D eigenvalue weighted by Crippen LogP contribution is -1.97. The van der Waals surface area contributed by atoms with Crippen LogP contribution in [0.4, 0.5) is 5.69 Å². The summed E-state index contributed by atoms with van der Waals surface area (Å²) in [5.41, 5.74) is 4.09. The first-order valence-corrected chi connectivity index (χ1v) is 9.95. The van der Waals surface area contributed by atoms with Crippen molar-refractivity contribution < 1.29 is 4.74 Å². The van der Waals surface area contributed by atoms with Gasteiger partial charge in [-0.1, -0.05) is 41.9 Å². The molecule has 0 saturated heterocycles. The van der Waals surface area contributed by atoms with E-state index >= 15 is 0 Å². The van der Waals surface area contributed by atoms with Crippen LogP contribution in [0.2, 0.25) is 5.02 Å². The van der Waals surface area contributed by atoms with Gasteiger partial charge in [-0.05, 0) is 85.8 Å². The first-order valence-electron chi connectivity index (χ1n) is 7.99. The minimum Gasteiger partial charge on any atom is -0.487 e. The van der Waals surface area contributed by atoms with Crippen molar-refractivity contribution in [2.45, 2.75) is 13.5 Å². The highest BCUT2D eigenvalue weighted by molar-refractivity contribution is 9.11. The topological polar surface area (TPSA) is 21.6 Å². The van der Waals surface area contributed by atoms with E-state index in [9.17, 15) is 0 Å². The Hall–Kier alpha value is -1.62. The molecule has 0 amide bonds. The molecule has 26 heavy (non-hydrogen) atoms. The molecular weight excluding hydrogens is 477 g/mol. The monoisotopic (exact) mass is 491 g/mol. The molecule has 3 aromatic carbocycles. The lowest BCUT2D eigenvalue weighted by molar-refractivity contribution is 0.302. The van der Waals surface area contributed by atoms with Crippen molar-refractivity contribution in [3.8, 4) is 5.75 Å². The third-order valence-corrected chi connectivity index (χ3v) is 5.17. The van der Waals surface area contributed by atoms with Crippen LogP contribution >= 0.6 is 43.5 Å². The highest BCUT2D eigenvalue weighted by atomic mass is 79.9. The smallest absolute Gasteiger partial charge is 0.148 e. The Morgan fingerprint density at radius 3 is 2.42 bits per heavy atom. The Bertz CT molecular complexity index is 933. The molecule has 2 nitrogen and oxygen atoms in total. The Kier molecular flexibility index (Phi) is 6.52. The van der Waals surface area contributed by atoms with Gasteiger partial charge in [-0.15, -0.1) is 0 Å². The fourth-order valence-electron chi connectivity index (χ4n) is 2.43. The molecule has 0 saturated carbocycles. The van der Waals surface area contributed by atoms with Gasteiger partial charge in [0.05, 0.1) is 14.6 Å². The number of nitrogens with zero attached hydrogens (tertiary/aromatic N) is 1. The van der Waals surface area contributed by atoms with Gasteiger partial charge in [0.25, 0.3) is 0 Å². The summed E-state index contributed by atoms with van der Waals surface area (Å²) in [6.07, 6.45) is 1.85. The van der Waals surface area contributed by atoms with Crippen LogP contribution in [-0.4, -0.2) is 6.21 Å². The van der Waals surface area contributed by atoms with Gasteiger partial charge < -0.3 is 4.74 Å². The van der Waals surface area contributed by atoms with Crippen LogP contribution in [0.15, 0.2) is 74.6 Å². The Labute approximate surface area is 175 Å². The molecular formula is C21H16Br2ClNO. The molecule has 0 aliphatic carbocycles. The van der Waals surface area contributed by atoms with E-state index in [-0.39, 0.29) is 0 Å². The summed E-state index contributed by atoms with van der Waals surface area (Å²) in [7, 11) is 0. The molecule has 3 aromatic rings. The predicted molar refractivity (Wildman–Crippen MR) is 116 cm³/mol. The molecule has 0 aliphatic heterocycles. The highest BCUT2D eigenvalue weighted by Gasteiger charge is 2.09. The summed E-state index contributed by atoms with van der Waals surface area (Å²) in [4.78, 5) is 4.57. The van der Waals surface area contributed by atoms with Crippen molar-refractivity contribution in [2.24, 2.45) is 4.99 Å². The third kappa shape index (κ3) is 4.97. The zero-order valence-electron chi connectivity index (χ0n) is 14.0. The number of hydrogen-bond donors (Lipinski definition) is 0. The van der Waals surface area contributed by atoms with E-state index in [1.807, 2.05) is 73.8 Å². The fraction of sp³-hybridized carbons (Fsp3) is 0.0952. The van der Waals surface area contributed by atoms with Crippen LogP contribution in [0.3, 0.4) is 0 Å². The molecule has 0 N–H and O–H groups in total. The zero-order valence-corrected chi connectivity index (χ0v) is 18.0. The van der Waals surface area contributed by atoms with Crippen molar-refractivity contribution in [2.75, 3.05) is 0 Å². The zero-order chi connectivity index (χ0) is 18.5. The maximum atomic E-state index is 6.02. The van der Waals surface area contributed by atoms with E-state index in [2.05, 4.69) is 36.9 Å². The van der Waals surface area contributed by atoms with Crippen molar-refractivity contribution >= 4 is 55.4 Å². The summed E-state index contributed by atoms with van der Waals surface area (Å²) in [5.74, 6) is 0.748. The van der Waals surface area contributed by atoms with Gasteiger partial charge in [0.2, 0.25) is 0 Å². The molecule has 132 valence electrons. The SMILES string of the molecule is Cc1ccccc1N=Cc1cc(Br)c(OCc2cccc(Cl)c2)c(Br)c1. The molecule has 3 rings (SSSR count). The second-order valence-electron chi connectivity index (χ2n) is 5.78. The van der Waals surface area contributed by atoms with Gasteiger partial charge in [-0.2, -0.15) is 0 Å². The molecule has 0 radical (unpaired) electrons. The predicted octanol–water partition coefficient (Wildman–Crippen LogP) is 7.50. The number of para-hydroxylation sites is 1. The van der Waals surface area contributed by atoms with Crippen molar-refractivity contribution in [1.82, 2.24) is 0 Å². The number of rotatable bonds is 5.